The molecule has 0 unspecified atom stereocenters. The fourth-order valence-electron chi connectivity index (χ4n) is 3.54. The molecule has 2 aliphatic rings. The molecule has 0 aromatic heterocycles. The molecular weight excluding hydrogens is 342 g/mol. The molecule has 0 spiro atoms. The minimum atomic E-state index is 0.508. The summed E-state index contributed by atoms with van der Waals surface area (Å²) in [5.74, 6) is 0. The molecule has 0 bridgehead atoms. The van der Waals surface area contributed by atoms with Gasteiger partial charge in [-0.25, -0.2) is 0 Å². The highest BCUT2D eigenvalue weighted by Crippen LogP contribution is 2.40. The second-order valence-electron chi connectivity index (χ2n) is 6.77. The van der Waals surface area contributed by atoms with Gasteiger partial charge in [0.15, 0.2) is 0 Å². The quantitative estimate of drug-likeness (QED) is 0.492. The van der Waals surface area contributed by atoms with Gasteiger partial charge in [-0.2, -0.15) is 0 Å². The molecule has 3 nitrogen and oxygen atoms in total. The topological polar surface area (TPSA) is 32.0 Å². The van der Waals surface area contributed by atoms with E-state index in [-0.39, 0.29) is 0 Å². The van der Waals surface area contributed by atoms with E-state index in [4.69, 9.17) is 17.0 Å². The van der Waals surface area contributed by atoms with E-state index >= 15 is 0 Å². The largest absolute Gasteiger partial charge is 0.378 e. The van der Waals surface area contributed by atoms with Gasteiger partial charge in [-0.1, -0.05) is 35.9 Å². The number of nitrogens with zero attached hydrogens (tertiary/aromatic N) is 2. The minimum Gasteiger partial charge on any atom is -0.378 e. The lowest BCUT2D eigenvalue weighted by atomic mass is 9.92. The highest BCUT2D eigenvalue weighted by atomic mass is 35.5. The normalized spacial score (nSPS) is 11.2. The fourth-order valence-corrected chi connectivity index (χ4v) is 3.73. The first-order valence-electron chi connectivity index (χ1n) is 8.50. The fraction of sp³-hybridized carbons (Fsp3) is 0.136. The zero-order valence-electron chi connectivity index (χ0n) is 15.0. The Morgan fingerprint density at radius 2 is 1.77 bits per heavy atom. The first kappa shape index (κ1) is 16.7. The number of halogens is 1. The van der Waals surface area contributed by atoms with Gasteiger partial charge in [-0.3, -0.25) is 0 Å². The van der Waals surface area contributed by atoms with E-state index in [1.54, 1.807) is 0 Å². The Balaban J connectivity index is 2.21. The zero-order valence-corrected chi connectivity index (χ0v) is 15.8. The molecule has 4 rings (SSSR count). The summed E-state index contributed by atoms with van der Waals surface area (Å²) < 4.78 is 2.17. The van der Waals surface area contributed by atoms with Crippen LogP contribution in [0.15, 0.2) is 60.7 Å². The lowest BCUT2D eigenvalue weighted by Gasteiger charge is -2.23. The van der Waals surface area contributed by atoms with Crippen molar-refractivity contribution in [1.82, 2.24) is 4.57 Å². The van der Waals surface area contributed by atoms with Gasteiger partial charge in [0.2, 0.25) is 0 Å². The number of rotatable bonds is 2. The van der Waals surface area contributed by atoms with Crippen LogP contribution in [-0.2, 0) is 7.05 Å². The van der Waals surface area contributed by atoms with E-state index in [1.807, 2.05) is 50.5 Å². The SMILES string of the molecule is CN(C)c1ccc2c(-c3cccc(Cl)c3)c3ccc(=N)cc-3n(C)c2c1. The Bertz CT molecular complexity index is 1160. The third kappa shape index (κ3) is 2.65. The maximum Gasteiger partial charge on any atom is 0.0561 e. The molecule has 1 heterocycles. The number of hydrogen-bond acceptors (Lipinski definition) is 2. The summed E-state index contributed by atoms with van der Waals surface area (Å²) in [6.45, 7) is 0. The van der Waals surface area contributed by atoms with E-state index in [0.29, 0.717) is 5.36 Å². The van der Waals surface area contributed by atoms with Gasteiger partial charge in [0, 0.05) is 48.4 Å². The molecule has 2 aromatic rings. The standard InChI is InChI=1S/C22H20ClN3/c1-25(2)17-8-10-19-21(13-17)26(3)20-12-16(24)7-9-18(20)22(19)14-5-4-6-15(23)11-14/h4-13,24H,1-3H3. The van der Waals surface area contributed by atoms with Gasteiger partial charge < -0.3 is 14.9 Å². The summed E-state index contributed by atoms with van der Waals surface area (Å²) in [6, 6.07) is 20.3. The Morgan fingerprint density at radius 1 is 0.962 bits per heavy atom. The molecule has 0 amide bonds. The molecule has 1 aliphatic carbocycles. The van der Waals surface area contributed by atoms with Crippen molar-refractivity contribution >= 4 is 28.2 Å². The van der Waals surface area contributed by atoms with Crippen LogP contribution in [0.1, 0.15) is 0 Å². The van der Waals surface area contributed by atoms with Crippen LogP contribution in [0, 0.1) is 5.41 Å². The maximum atomic E-state index is 8.06. The van der Waals surface area contributed by atoms with Crippen molar-refractivity contribution in [2.75, 3.05) is 19.0 Å². The molecule has 130 valence electrons. The zero-order chi connectivity index (χ0) is 18.4. The predicted molar refractivity (Wildman–Crippen MR) is 110 cm³/mol. The summed E-state index contributed by atoms with van der Waals surface area (Å²) in [5, 5.41) is 10.5. The van der Waals surface area contributed by atoms with E-state index < -0.39 is 0 Å². The van der Waals surface area contributed by atoms with Gasteiger partial charge in [-0.05, 0) is 42.0 Å². The Morgan fingerprint density at radius 3 is 2.50 bits per heavy atom. The molecule has 0 atom stereocenters. The number of aromatic nitrogens is 1. The second kappa shape index (κ2) is 6.19. The number of fused-ring (bicyclic) bond motifs is 2. The van der Waals surface area contributed by atoms with Crippen LogP contribution >= 0.6 is 11.6 Å². The molecule has 1 aliphatic heterocycles. The summed E-state index contributed by atoms with van der Waals surface area (Å²) in [7, 11) is 6.15. The molecule has 1 N–H and O–H groups in total. The van der Waals surface area contributed by atoms with Gasteiger partial charge in [0.25, 0.3) is 0 Å². The number of anilines is 1. The van der Waals surface area contributed by atoms with Crippen LogP contribution in [0.25, 0.3) is 33.3 Å². The number of pyridine rings is 1. The monoisotopic (exact) mass is 361 g/mol. The van der Waals surface area contributed by atoms with Crippen LogP contribution in [0.2, 0.25) is 5.02 Å². The van der Waals surface area contributed by atoms with Crippen molar-refractivity contribution in [2.24, 2.45) is 7.05 Å². The number of benzene rings is 3. The first-order valence-corrected chi connectivity index (χ1v) is 8.88. The van der Waals surface area contributed by atoms with E-state index in [0.717, 1.165) is 38.6 Å². The third-order valence-corrected chi connectivity index (χ3v) is 5.11. The molecule has 0 fully saturated rings. The molecule has 0 saturated heterocycles. The van der Waals surface area contributed by atoms with E-state index in [9.17, 15) is 0 Å². The van der Waals surface area contributed by atoms with E-state index in [2.05, 4.69) is 40.8 Å². The van der Waals surface area contributed by atoms with Crippen LogP contribution in [-0.4, -0.2) is 18.7 Å². The summed E-state index contributed by atoms with van der Waals surface area (Å²) in [5.41, 5.74) is 6.67. The highest BCUT2D eigenvalue weighted by molar-refractivity contribution is 6.31. The highest BCUT2D eigenvalue weighted by Gasteiger charge is 2.18. The minimum absolute atomic E-state index is 0.508. The van der Waals surface area contributed by atoms with Crippen molar-refractivity contribution in [3.05, 3.63) is 71.0 Å². The summed E-state index contributed by atoms with van der Waals surface area (Å²) in [6.07, 6.45) is 0. The average molecular weight is 362 g/mol. The van der Waals surface area contributed by atoms with Crippen molar-refractivity contribution in [3.63, 3.8) is 0 Å². The van der Waals surface area contributed by atoms with Gasteiger partial charge in [-0.15, -0.1) is 0 Å². The molecule has 4 heteroatoms. The van der Waals surface area contributed by atoms with Crippen molar-refractivity contribution in [3.8, 4) is 22.4 Å². The Kier molecular flexibility index (Phi) is 3.97. The molecule has 0 saturated carbocycles. The van der Waals surface area contributed by atoms with Crippen molar-refractivity contribution in [2.45, 2.75) is 0 Å². The Hall–Kier alpha value is -2.78. The van der Waals surface area contributed by atoms with Crippen molar-refractivity contribution < 1.29 is 0 Å². The van der Waals surface area contributed by atoms with E-state index in [1.165, 1.54) is 5.39 Å². The summed E-state index contributed by atoms with van der Waals surface area (Å²) in [4.78, 5) is 2.10. The molecule has 26 heavy (non-hydrogen) atoms. The van der Waals surface area contributed by atoms with Crippen LogP contribution in [0.4, 0.5) is 5.69 Å². The lowest BCUT2D eigenvalue weighted by molar-refractivity contribution is 0.957. The van der Waals surface area contributed by atoms with Crippen LogP contribution in [0.3, 0.4) is 0 Å². The van der Waals surface area contributed by atoms with Crippen LogP contribution < -0.4 is 10.3 Å². The number of hydrogen-bond donors (Lipinski definition) is 1. The van der Waals surface area contributed by atoms with Gasteiger partial charge in [0.05, 0.1) is 16.6 Å². The molecular formula is C22H20ClN3. The molecule has 2 aromatic carbocycles. The first-order chi connectivity index (χ1) is 12.5. The van der Waals surface area contributed by atoms with Crippen LogP contribution in [0.5, 0.6) is 0 Å². The smallest absolute Gasteiger partial charge is 0.0561 e. The van der Waals surface area contributed by atoms with Gasteiger partial charge in [0.1, 0.15) is 0 Å². The lowest BCUT2D eigenvalue weighted by Crippen LogP contribution is -2.11. The predicted octanol–water partition coefficient (Wildman–Crippen LogP) is 5.15. The van der Waals surface area contributed by atoms with Gasteiger partial charge >= 0.3 is 0 Å². The maximum absolute atomic E-state index is 8.06. The number of aryl methyl sites for hydroxylation is 1. The third-order valence-electron chi connectivity index (χ3n) is 4.87. The Labute approximate surface area is 157 Å². The number of nitrogens with one attached hydrogen (secondary N) is 1. The second-order valence-corrected chi connectivity index (χ2v) is 7.21. The average Bonchev–Trinajstić information content (AvgIpc) is 2.62. The van der Waals surface area contributed by atoms with Crippen molar-refractivity contribution in [1.29, 1.82) is 5.41 Å². The molecule has 0 radical (unpaired) electrons. The summed E-state index contributed by atoms with van der Waals surface area (Å²) >= 11 is 6.28.